The number of benzene rings is 1. The lowest BCUT2D eigenvalue weighted by Gasteiger charge is -2.40. The monoisotopic (exact) mass is 663 g/mol. The van der Waals surface area contributed by atoms with Gasteiger partial charge in [-0.15, -0.1) is 11.8 Å². The summed E-state index contributed by atoms with van der Waals surface area (Å²) in [5.41, 5.74) is 3.38. The average Bonchev–Trinajstić information content (AvgIpc) is 3.11. The van der Waals surface area contributed by atoms with Crippen LogP contribution in [0.5, 0.6) is 0 Å². The van der Waals surface area contributed by atoms with Gasteiger partial charge in [-0.3, -0.25) is 19.4 Å². The third kappa shape index (κ3) is 9.25. The Labute approximate surface area is 282 Å². The molecule has 1 aromatic heterocycles. The lowest BCUT2D eigenvalue weighted by Crippen LogP contribution is -2.54. The summed E-state index contributed by atoms with van der Waals surface area (Å²) in [6.45, 7) is 15.5. The van der Waals surface area contributed by atoms with Crippen LogP contribution in [0.25, 0.3) is 6.08 Å². The molecule has 47 heavy (non-hydrogen) atoms. The fourth-order valence-electron chi connectivity index (χ4n) is 6.22. The highest BCUT2D eigenvalue weighted by Crippen LogP contribution is 2.29. The minimum Gasteiger partial charge on any atom is -0.387 e. The van der Waals surface area contributed by atoms with Gasteiger partial charge < -0.3 is 29.8 Å². The highest BCUT2D eigenvalue weighted by molar-refractivity contribution is 7.99. The topological polar surface area (TPSA) is 108 Å². The van der Waals surface area contributed by atoms with Crippen LogP contribution in [0.4, 0.5) is 0 Å². The quantitative estimate of drug-likeness (QED) is 0.263. The van der Waals surface area contributed by atoms with E-state index < -0.39 is 12.0 Å². The van der Waals surface area contributed by atoms with Gasteiger partial charge in [-0.25, -0.2) is 0 Å². The number of dihydropyridines is 1. The number of aliphatic hydroxyl groups excluding tert-OH is 1. The number of hydrogen-bond acceptors (Lipinski definition) is 9. The molecule has 3 aliphatic rings. The minimum absolute atomic E-state index is 0.0691. The van der Waals surface area contributed by atoms with Gasteiger partial charge in [0.1, 0.15) is 5.56 Å². The number of morpholine rings is 2. The molecule has 0 aliphatic carbocycles. The zero-order valence-electron chi connectivity index (χ0n) is 27.7. The van der Waals surface area contributed by atoms with Crippen LogP contribution in [0.3, 0.4) is 0 Å². The van der Waals surface area contributed by atoms with Gasteiger partial charge in [-0.05, 0) is 35.7 Å². The third-order valence-corrected chi connectivity index (χ3v) is 10.3. The summed E-state index contributed by atoms with van der Waals surface area (Å²) in [6, 6.07) is 7.97. The number of ether oxygens (including phenoxy) is 2. The van der Waals surface area contributed by atoms with Crippen LogP contribution in [-0.4, -0.2) is 102 Å². The van der Waals surface area contributed by atoms with Gasteiger partial charge in [0.15, 0.2) is 0 Å². The predicted octanol–water partition coefficient (Wildman–Crippen LogP) is 3.25. The van der Waals surface area contributed by atoms with Crippen LogP contribution in [-0.2, 0) is 29.0 Å². The number of allylic oxidation sites excluding steroid dienone is 1. The number of amides is 1. The molecule has 0 radical (unpaired) electrons. The number of aromatic nitrogens is 1. The van der Waals surface area contributed by atoms with Crippen LogP contribution in [0.1, 0.15) is 47.3 Å². The van der Waals surface area contributed by atoms with E-state index in [0.29, 0.717) is 64.6 Å². The van der Waals surface area contributed by atoms with Gasteiger partial charge in [0.25, 0.3) is 5.91 Å². The molecule has 1 aromatic carbocycles. The van der Waals surface area contributed by atoms with E-state index >= 15 is 0 Å². The van der Waals surface area contributed by atoms with Crippen molar-refractivity contribution in [1.29, 1.82) is 0 Å². The number of aryl methyl sites for hydroxylation is 1. The molecule has 2 aromatic rings. The van der Waals surface area contributed by atoms with Crippen molar-refractivity contribution in [2.75, 3.05) is 59.2 Å². The molecule has 3 aliphatic heterocycles. The SMILES string of the molecule is C=Cc1c(SC(C)CN2CCOCC2C(O)C2=CNC=CC2)n(CCN2CCOCC2)cc(C(=O)NCc2ccc(CC)cc2)c1=O. The molecule has 254 valence electrons. The van der Waals surface area contributed by atoms with Crippen LogP contribution >= 0.6 is 11.8 Å². The number of pyridine rings is 1. The maximum Gasteiger partial charge on any atom is 0.257 e. The van der Waals surface area contributed by atoms with Crippen LogP contribution in [0, 0.1) is 0 Å². The lowest BCUT2D eigenvalue weighted by molar-refractivity contribution is -0.0481. The molecule has 0 saturated carbocycles. The number of nitrogens with zero attached hydrogens (tertiary/aromatic N) is 3. The summed E-state index contributed by atoms with van der Waals surface area (Å²) in [5.74, 6) is -0.395. The molecule has 1 amide bonds. The first-order valence-corrected chi connectivity index (χ1v) is 17.6. The Morgan fingerprint density at radius 1 is 1.15 bits per heavy atom. The zero-order valence-corrected chi connectivity index (χ0v) is 28.5. The number of hydrogen-bond donors (Lipinski definition) is 3. The van der Waals surface area contributed by atoms with E-state index in [1.54, 1.807) is 24.0 Å². The number of thioether (sulfide) groups is 1. The first kappa shape index (κ1) is 35.1. The van der Waals surface area contributed by atoms with Gasteiger partial charge in [0.05, 0.1) is 49.2 Å². The predicted molar refractivity (Wildman–Crippen MR) is 188 cm³/mol. The van der Waals surface area contributed by atoms with Crippen molar-refractivity contribution >= 4 is 23.7 Å². The summed E-state index contributed by atoms with van der Waals surface area (Å²) in [7, 11) is 0. The number of carbonyl (C=O) groups is 1. The van der Waals surface area contributed by atoms with E-state index in [1.807, 2.05) is 30.6 Å². The Balaban J connectivity index is 1.36. The van der Waals surface area contributed by atoms with Gasteiger partial charge in [-0.2, -0.15) is 0 Å². The van der Waals surface area contributed by atoms with Crippen molar-refractivity contribution in [3.05, 3.63) is 93.6 Å². The second-order valence-electron chi connectivity index (χ2n) is 12.3. The van der Waals surface area contributed by atoms with Crippen LogP contribution in [0.2, 0.25) is 0 Å². The largest absolute Gasteiger partial charge is 0.387 e. The van der Waals surface area contributed by atoms with Crippen LogP contribution in [0.15, 0.2) is 70.9 Å². The maximum absolute atomic E-state index is 13.8. The molecule has 2 saturated heterocycles. The van der Waals surface area contributed by atoms with Crippen molar-refractivity contribution in [2.24, 2.45) is 0 Å². The zero-order chi connectivity index (χ0) is 33.2. The van der Waals surface area contributed by atoms with Crippen molar-refractivity contribution in [2.45, 2.75) is 62.2 Å². The first-order chi connectivity index (χ1) is 22.9. The van der Waals surface area contributed by atoms with Crippen molar-refractivity contribution in [1.82, 2.24) is 25.0 Å². The normalized spacial score (nSPS) is 20.2. The molecule has 10 nitrogen and oxygen atoms in total. The Kier molecular flexibility index (Phi) is 12.9. The van der Waals surface area contributed by atoms with Gasteiger partial charge in [0.2, 0.25) is 5.43 Å². The molecule has 4 heterocycles. The summed E-state index contributed by atoms with van der Waals surface area (Å²) in [4.78, 5) is 31.9. The molecule has 2 fully saturated rings. The van der Waals surface area contributed by atoms with E-state index in [0.717, 1.165) is 42.2 Å². The molecule has 11 heteroatoms. The van der Waals surface area contributed by atoms with Crippen molar-refractivity contribution < 1.29 is 19.4 Å². The number of aliphatic hydroxyl groups is 1. The lowest BCUT2D eigenvalue weighted by atomic mass is 9.97. The van der Waals surface area contributed by atoms with E-state index in [1.165, 1.54) is 5.56 Å². The number of rotatable bonds is 14. The molecule has 3 N–H and O–H groups in total. The first-order valence-electron chi connectivity index (χ1n) is 16.7. The average molecular weight is 664 g/mol. The van der Waals surface area contributed by atoms with Gasteiger partial charge >= 0.3 is 0 Å². The molecule has 3 atom stereocenters. The molecular weight excluding hydrogens is 614 g/mol. The molecule has 0 bridgehead atoms. The summed E-state index contributed by atoms with van der Waals surface area (Å²) in [6.07, 6.45) is 10.1. The Morgan fingerprint density at radius 2 is 1.89 bits per heavy atom. The minimum atomic E-state index is -0.650. The van der Waals surface area contributed by atoms with E-state index in [2.05, 4.69) is 57.6 Å². The fraction of sp³-hybridized carbons (Fsp3) is 0.500. The molecule has 0 spiro atoms. The second kappa shape index (κ2) is 17.3. The van der Waals surface area contributed by atoms with Crippen molar-refractivity contribution in [3.63, 3.8) is 0 Å². The Hall–Kier alpha value is -3.19. The third-order valence-electron chi connectivity index (χ3n) is 9.02. The molecule has 3 unspecified atom stereocenters. The maximum atomic E-state index is 13.8. The Bertz CT molecular complexity index is 1480. The summed E-state index contributed by atoms with van der Waals surface area (Å²) < 4.78 is 13.4. The smallest absolute Gasteiger partial charge is 0.257 e. The second-order valence-corrected chi connectivity index (χ2v) is 13.7. The van der Waals surface area contributed by atoms with Crippen molar-refractivity contribution in [3.8, 4) is 0 Å². The molecule has 5 rings (SSSR count). The number of carbonyl (C=O) groups excluding carboxylic acids is 1. The standard InChI is InChI=1S/C36H49N5O5S/c1-4-27-8-10-28(11-9-27)21-38-35(44)31-24-41(14-13-39-15-18-45-19-16-39)36(30(5-2)34(31)43)47-26(3)23-40-17-20-46-25-32(40)33(42)29-7-6-12-37-22-29/h5-6,8-12,22,24,26,32-33,37,42H,2,4,7,13-21,23,25H2,1,3H3,(H,38,44). The van der Waals surface area contributed by atoms with E-state index in [4.69, 9.17) is 9.47 Å². The van der Waals surface area contributed by atoms with E-state index in [-0.39, 0.29) is 22.3 Å². The highest BCUT2D eigenvalue weighted by atomic mass is 32.2. The van der Waals surface area contributed by atoms with Gasteiger partial charge in [0, 0.05) is 63.5 Å². The Morgan fingerprint density at radius 3 is 2.60 bits per heavy atom. The fourth-order valence-corrected chi connectivity index (χ4v) is 7.45. The molecular formula is C36H49N5O5S. The van der Waals surface area contributed by atoms with Gasteiger partial charge in [-0.1, -0.05) is 56.8 Å². The highest BCUT2D eigenvalue weighted by Gasteiger charge is 2.33. The van der Waals surface area contributed by atoms with Crippen LogP contribution < -0.4 is 16.1 Å². The summed E-state index contributed by atoms with van der Waals surface area (Å²) >= 11 is 1.61. The summed E-state index contributed by atoms with van der Waals surface area (Å²) in [5, 5.41) is 18.2. The number of nitrogens with one attached hydrogen (secondary N) is 2. The van der Waals surface area contributed by atoms with E-state index in [9.17, 15) is 14.7 Å².